The minimum atomic E-state index is 0.573. The highest BCUT2D eigenvalue weighted by atomic mass is 15.2. The van der Waals surface area contributed by atoms with E-state index in [9.17, 15) is 0 Å². The van der Waals surface area contributed by atoms with Crippen molar-refractivity contribution in [3.05, 3.63) is 17.2 Å². The summed E-state index contributed by atoms with van der Waals surface area (Å²) >= 11 is 0. The molecule has 0 radical (unpaired) electrons. The van der Waals surface area contributed by atoms with Gasteiger partial charge in [-0.05, 0) is 45.1 Å². The van der Waals surface area contributed by atoms with E-state index >= 15 is 0 Å². The predicted octanol–water partition coefficient (Wildman–Crippen LogP) is 1.04. The van der Waals surface area contributed by atoms with Crippen LogP contribution in [0.4, 0.5) is 0 Å². The average molecular weight is 218 g/mol. The quantitative estimate of drug-likeness (QED) is 0.806. The number of aromatic nitrogens is 3. The maximum Gasteiger partial charge on any atom is 0.152 e. The van der Waals surface area contributed by atoms with Crippen LogP contribution in [0.1, 0.15) is 42.9 Å². The molecule has 1 aliphatic heterocycles. The molecule has 86 valence electrons. The van der Waals surface area contributed by atoms with Gasteiger partial charge in [0.1, 0.15) is 0 Å². The van der Waals surface area contributed by atoms with Gasteiger partial charge in [-0.1, -0.05) is 0 Å². The summed E-state index contributed by atoms with van der Waals surface area (Å²) in [5, 5.41) is 12.1. The molecule has 0 aromatic carbocycles. The normalized spacial score (nSPS) is 24.4. The molecule has 0 amide bonds. The molecule has 0 spiro atoms. The van der Waals surface area contributed by atoms with E-state index in [0.717, 1.165) is 37.3 Å². The predicted molar refractivity (Wildman–Crippen MR) is 61.2 cm³/mol. The van der Waals surface area contributed by atoms with E-state index in [2.05, 4.69) is 20.5 Å². The molecular weight excluding hydrogens is 200 g/mol. The Morgan fingerprint density at radius 2 is 1.94 bits per heavy atom. The van der Waals surface area contributed by atoms with E-state index in [1.54, 1.807) is 0 Å². The number of aryl methyl sites for hydroxylation is 2. The number of rotatable bonds is 2. The highest BCUT2D eigenvalue weighted by Crippen LogP contribution is 2.17. The molecule has 1 unspecified atom stereocenters. The Bertz CT molecular complexity index is 371. The second kappa shape index (κ2) is 4.45. The van der Waals surface area contributed by atoms with Crippen LogP contribution in [-0.2, 0) is 19.3 Å². The monoisotopic (exact) mass is 218 g/mol. The Hall–Kier alpha value is -1.03. The van der Waals surface area contributed by atoms with Crippen LogP contribution >= 0.6 is 0 Å². The second-order valence-electron chi connectivity index (χ2n) is 4.83. The number of hydrogen-bond donors (Lipinski definition) is 1. The van der Waals surface area contributed by atoms with Crippen molar-refractivity contribution in [2.75, 3.05) is 6.54 Å². The molecule has 1 aromatic rings. The molecule has 1 aromatic heterocycles. The van der Waals surface area contributed by atoms with Crippen molar-refractivity contribution in [1.29, 1.82) is 0 Å². The molecule has 1 saturated heterocycles. The topological polar surface area (TPSA) is 50.7 Å². The smallest absolute Gasteiger partial charge is 0.152 e. The van der Waals surface area contributed by atoms with Gasteiger partial charge in [-0.3, -0.25) is 0 Å². The molecule has 1 fully saturated rings. The Kier molecular flexibility index (Phi) is 2.82. The zero-order valence-electron chi connectivity index (χ0n) is 9.58. The van der Waals surface area contributed by atoms with Crippen LogP contribution in [0.3, 0.4) is 0 Å². The minimum absolute atomic E-state index is 0.573. The van der Waals surface area contributed by atoms with E-state index in [-0.39, 0.29) is 0 Å². The Balaban J connectivity index is 1.74. The summed E-state index contributed by atoms with van der Waals surface area (Å²) in [5.74, 6) is 0.931. The number of hydrogen-bond acceptors (Lipinski definition) is 4. The molecule has 4 heteroatoms. The van der Waals surface area contributed by atoms with Crippen LogP contribution in [0.25, 0.3) is 0 Å². The van der Waals surface area contributed by atoms with Crippen molar-refractivity contribution in [3.8, 4) is 0 Å². The summed E-state index contributed by atoms with van der Waals surface area (Å²) in [6.07, 6.45) is 8.14. The van der Waals surface area contributed by atoms with Crippen molar-refractivity contribution in [3.63, 3.8) is 0 Å². The lowest BCUT2D eigenvalue weighted by molar-refractivity contribution is 0.560. The van der Waals surface area contributed by atoms with E-state index in [1.807, 2.05) is 0 Å². The Morgan fingerprint density at radius 3 is 2.75 bits per heavy atom. The molecule has 2 aliphatic rings. The fourth-order valence-corrected chi connectivity index (χ4v) is 2.64. The summed E-state index contributed by atoms with van der Waals surface area (Å²) in [5.41, 5.74) is 2.34. The summed E-state index contributed by atoms with van der Waals surface area (Å²) in [4.78, 5) is 4.66. The van der Waals surface area contributed by atoms with Gasteiger partial charge in [-0.25, -0.2) is 4.98 Å². The second-order valence-corrected chi connectivity index (χ2v) is 4.83. The molecule has 2 heterocycles. The molecule has 3 rings (SSSR count). The van der Waals surface area contributed by atoms with Gasteiger partial charge < -0.3 is 5.32 Å². The lowest BCUT2D eigenvalue weighted by Gasteiger charge is -2.14. The SMILES string of the molecule is C1CCc2nc(CC3CCCN3)nnc2C1. The van der Waals surface area contributed by atoms with Gasteiger partial charge in [0.25, 0.3) is 0 Å². The van der Waals surface area contributed by atoms with Gasteiger partial charge in [-0.15, -0.1) is 5.10 Å². The maximum atomic E-state index is 4.66. The Labute approximate surface area is 95.9 Å². The van der Waals surface area contributed by atoms with Crippen LogP contribution in [0.5, 0.6) is 0 Å². The average Bonchev–Trinajstić information content (AvgIpc) is 2.82. The van der Waals surface area contributed by atoms with Crippen molar-refractivity contribution >= 4 is 0 Å². The molecule has 0 bridgehead atoms. The van der Waals surface area contributed by atoms with Gasteiger partial charge in [0.05, 0.1) is 11.4 Å². The van der Waals surface area contributed by atoms with Gasteiger partial charge in [-0.2, -0.15) is 5.10 Å². The van der Waals surface area contributed by atoms with Crippen LogP contribution in [0, 0.1) is 0 Å². The van der Waals surface area contributed by atoms with E-state index < -0.39 is 0 Å². The molecule has 1 atom stereocenters. The van der Waals surface area contributed by atoms with Crippen molar-refractivity contribution < 1.29 is 0 Å². The molecule has 16 heavy (non-hydrogen) atoms. The van der Waals surface area contributed by atoms with Gasteiger partial charge in [0.15, 0.2) is 5.82 Å². The minimum Gasteiger partial charge on any atom is -0.314 e. The summed E-state index contributed by atoms with van der Waals surface area (Å²) in [6, 6.07) is 0.573. The summed E-state index contributed by atoms with van der Waals surface area (Å²) in [6.45, 7) is 1.14. The maximum absolute atomic E-state index is 4.66. The number of fused-ring (bicyclic) bond motifs is 1. The summed E-state index contributed by atoms with van der Waals surface area (Å²) in [7, 11) is 0. The fraction of sp³-hybridized carbons (Fsp3) is 0.750. The lowest BCUT2D eigenvalue weighted by atomic mass is 10.0. The van der Waals surface area contributed by atoms with Gasteiger partial charge in [0, 0.05) is 12.5 Å². The third-order valence-corrected chi connectivity index (χ3v) is 3.55. The molecule has 0 saturated carbocycles. The van der Waals surface area contributed by atoms with E-state index in [4.69, 9.17) is 0 Å². The van der Waals surface area contributed by atoms with Crippen molar-refractivity contribution in [2.45, 2.75) is 51.0 Å². The van der Waals surface area contributed by atoms with Crippen molar-refractivity contribution in [1.82, 2.24) is 20.5 Å². The molecule has 4 nitrogen and oxygen atoms in total. The van der Waals surface area contributed by atoms with Crippen LogP contribution < -0.4 is 5.32 Å². The first-order chi connectivity index (χ1) is 7.92. The lowest BCUT2D eigenvalue weighted by Crippen LogP contribution is -2.25. The number of nitrogens with one attached hydrogen (secondary N) is 1. The van der Waals surface area contributed by atoms with Crippen LogP contribution in [0.15, 0.2) is 0 Å². The van der Waals surface area contributed by atoms with Gasteiger partial charge >= 0.3 is 0 Å². The third-order valence-electron chi connectivity index (χ3n) is 3.55. The van der Waals surface area contributed by atoms with Crippen molar-refractivity contribution in [2.24, 2.45) is 0 Å². The largest absolute Gasteiger partial charge is 0.314 e. The first kappa shape index (κ1) is 10.1. The third kappa shape index (κ3) is 2.07. The number of nitrogens with zero attached hydrogens (tertiary/aromatic N) is 3. The zero-order chi connectivity index (χ0) is 10.8. The fourth-order valence-electron chi connectivity index (χ4n) is 2.64. The van der Waals surface area contributed by atoms with Crippen LogP contribution in [-0.4, -0.2) is 27.8 Å². The Morgan fingerprint density at radius 1 is 1.06 bits per heavy atom. The highest BCUT2D eigenvalue weighted by molar-refractivity contribution is 5.13. The summed E-state index contributed by atoms with van der Waals surface area (Å²) < 4.78 is 0. The van der Waals surface area contributed by atoms with Crippen LogP contribution in [0.2, 0.25) is 0 Å². The van der Waals surface area contributed by atoms with E-state index in [0.29, 0.717) is 6.04 Å². The standard InChI is InChI=1S/C12H18N4/c1-2-6-11-10(5-1)14-12(16-15-11)8-9-4-3-7-13-9/h9,13H,1-8H2. The highest BCUT2D eigenvalue weighted by Gasteiger charge is 2.18. The first-order valence-corrected chi connectivity index (χ1v) is 6.36. The zero-order valence-corrected chi connectivity index (χ0v) is 9.58. The first-order valence-electron chi connectivity index (χ1n) is 6.36. The molecule has 1 aliphatic carbocycles. The molecular formula is C12H18N4. The van der Waals surface area contributed by atoms with E-state index in [1.165, 1.54) is 31.4 Å². The molecule has 1 N–H and O–H groups in total. The van der Waals surface area contributed by atoms with Gasteiger partial charge in [0.2, 0.25) is 0 Å².